The van der Waals surface area contributed by atoms with Gasteiger partial charge in [0.2, 0.25) is 5.91 Å². The van der Waals surface area contributed by atoms with E-state index < -0.39 is 29.7 Å². The number of amides is 4. The van der Waals surface area contributed by atoms with Crippen LogP contribution in [0.15, 0.2) is 24.3 Å². The third-order valence-corrected chi connectivity index (χ3v) is 3.95. The van der Waals surface area contributed by atoms with Gasteiger partial charge in [-0.3, -0.25) is 19.4 Å². The number of carbonyl (C=O) groups excluding carboxylic acids is 3. The van der Waals surface area contributed by atoms with Crippen LogP contribution in [0.1, 0.15) is 27.2 Å². The van der Waals surface area contributed by atoms with Gasteiger partial charge in [-0.2, -0.15) is 0 Å². The lowest BCUT2D eigenvalue weighted by atomic mass is 10.2. The molecule has 1 fully saturated rings. The number of rotatable bonds is 8. The molecule has 0 aliphatic carbocycles. The van der Waals surface area contributed by atoms with Gasteiger partial charge in [0.15, 0.2) is 0 Å². The van der Waals surface area contributed by atoms with Crippen LogP contribution in [-0.4, -0.2) is 54.6 Å². The van der Waals surface area contributed by atoms with Gasteiger partial charge in [0, 0.05) is 18.8 Å². The zero-order valence-electron chi connectivity index (χ0n) is 15.2. The minimum absolute atomic E-state index is 0.129. The van der Waals surface area contributed by atoms with E-state index in [0.29, 0.717) is 25.3 Å². The molecule has 4 amide bonds. The summed E-state index contributed by atoms with van der Waals surface area (Å²) < 4.78 is 18.4. The first kappa shape index (κ1) is 19.8. The van der Waals surface area contributed by atoms with Gasteiger partial charge in [-0.1, -0.05) is 0 Å². The lowest BCUT2D eigenvalue weighted by Gasteiger charge is -2.19. The largest absolute Gasteiger partial charge is 0.379 e. The highest BCUT2D eigenvalue weighted by Gasteiger charge is 2.43. The molecular formula is C18H24FN3O4. The molecule has 1 N–H and O–H groups in total. The normalized spacial score (nSPS) is 17.3. The van der Waals surface area contributed by atoms with E-state index in [1.54, 1.807) is 6.92 Å². The molecule has 142 valence electrons. The van der Waals surface area contributed by atoms with Crippen molar-refractivity contribution in [3.8, 4) is 0 Å². The van der Waals surface area contributed by atoms with Gasteiger partial charge in [0.05, 0.1) is 6.10 Å². The van der Waals surface area contributed by atoms with Crippen molar-refractivity contribution in [3.05, 3.63) is 30.1 Å². The Hall–Kier alpha value is -2.48. The fourth-order valence-corrected chi connectivity index (χ4v) is 2.63. The van der Waals surface area contributed by atoms with E-state index in [0.717, 1.165) is 4.90 Å². The number of hydrogen-bond acceptors (Lipinski definition) is 4. The van der Waals surface area contributed by atoms with Crippen LogP contribution >= 0.6 is 0 Å². The lowest BCUT2D eigenvalue weighted by Crippen LogP contribution is -2.41. The number of carbonyl (C=O) groups is 3. The second-order valence-electron chi connectivity index (χ2n) is 6.35. The van der Waals surface area contributed by atoms with Crippen LogP contribution in [0.3, 0.4) is 0 Å². The van der Waals surface area contributed by atoms with E-state index in [-0.39, 0.29) is 12.6 Å². The third kappa shape index (κ3) is 4.78. The van der Waals surface area contributed by atoms with Crippen LogP contribution in [0, 0.1) is 5.82 Å². The summed E-state index contributed by atoms with van der Waals surface area (Å²) in [5.74, 6) is -1.31. The Kier molecular flexibility index (Phi) is 6.68. The summed E-state index contributed by atoms with van der Waals surface area (Å²) in [5.41, 5.74) is 0.408. The van der Waals surface area contributed by atoms with Crippen molar-refractivity contribution in [2.45, 2.75) is 39.3 Å². The molecule has 1 aliphatic rings. The summed E-state index contributed by atoms with van der Waals surface area (Å²) >= 11 is 0. The molecule has 0 saturated carbocycles. The maximum atomic E-state index is 13.1. The molecule has 0 spiro atoms. The Bertz CT molecular complexity index is 663. The van der Waals surface area contributed by atoms with Crippen molar-refractivity contribution < 1.29 is 23.5 Å². The van der Waals surface area contributed by atoms with Crippen molar-refractivity contribution in [3.63, 3.8) is 0 Å². The number of anilines is 1. The SMILES string of the molecule is CC(C)OCCCNC(=O)CN1C(=O)C(C)N(c2ccc(F)cc2)C1=O. The van der Waals surface area contributed by atoms with Gasteiger partial charge in [0.1, 0.15) is 18.4 Å². The number of imide groups is 1. The zero-order valence-corrected chi connectivity index (χ0v) is 15.2. The van der Waals surface area contributed by atoms with Gasteiger partial charge >= 0.3 is 6.03 Å². The number of urea groups is 1. The summed E-state index contributed by atoms with van der Waals surface area (Å²) in [6.45, 7) is 6.01. The molecule has 1 aromatic carbocycles. The number of nitrogens with zero attached hydrogens (tertiary/aromatic N) is 2. The minimum atomic E-state index is -0.750. The lowest BCUT2D eigenvalue weighted by molar-refractivity contribution is -0.131. The van der Waals surface area contributed by atoms with Gasteiger partial charge in [-0.05, 0) is 51.5 Å². The Morgan fingerprint density at radius 3 is 2.54 bits per heavy atom. The van der Waals surface area contributed by atoms with Crippen LogP contribution in [-0.2, 0) is 14.3 Å². The monoisotopic (exact) mass is 365 g/mol. The Morgan fingerprint density at radius 1 is 1.27 bits per heavy atom. The number of halogens is 1. The highest BCUT2D eigenvalue weighted by molar-refractivity contribution is 6.15. The van der Waals surface area contributed by atoms with Crippen molar-refractivity contribution in [2.75, 3.05) is 24.6 Å². The van der Waals surface area contributed by atoms with Crippen LogP contribution < -0.4 is 10.2 Å². The van der Waals surface area contributed by atoms with Crippen molar-refractivity contribution in [1.29, 1.82) is 0 Å². The molecule has 7 nitrogen and oxygen atoms in total. The quantitative estimate of drug-likeness (QED) is 0.564. The second kappa shape index (κ2) is 8.75. The predicted octanol–water partition coefficient (Wildman–Crippen LogP) is 1.91. The second-order valence-corrected chi connectivity index (χ2v) is 6.35. The number of ether oxygens (including phenoxy) is 1. The van der Waals surface area contributed by atoms with Gasteiger partial charge in [-0.25, -0.2) is 9.18 Å². The summed E-state index contributed by atoms with van der Waals surface area (Å²) in [5, 5.41) is 2.67. The first-order chi connectivity index (χ1) is 12.3. The molecule has 1 heterocycles. The zero-order chi connectivity index (χ0) is 19.3. The molecule has 8 heteroatoms. The van der Waals surface area contributed by atoms with Crippen molar-refractivity contribution >= 4 is 23.5 Å². The smallest absolute Gasteiger partial charge is 0.332 e. The maximum absolute atomic E-state index is 13.1. The first-order valence-electron chi connectivity index (χ1n) is 8.59. The fraction of sp³-hybridized carbons (Fsp3) is 0.500. The average molecular weight is 365 g/mol. The molecule has 1 atom stereocenters. The minimum Gasteiger partial charge on any atom is -0.379 e. The van der Waals surface area contributed by atoms with Crippen LogP contribution in [0.5, 0.6) is 0 Å². The molecule has 0 aromatic heterocycles. The van der Waals surface area contributed by atoms with E-state index >= 15 is 0 Å². The maximum Gasteiger partial charge on any atom is 0.332 e. The highest BCUT2D eigenvalue weighted by Crippen LogP contribution is 2.25. The molecule has 1 unspecified atom stereocenters. The molecular weight excluding hydrogens is 341 g/mol. The molecule has 0 bridgehead atoms. The summed E-state index contributed by atoms with van der Waals surface area (Å²) in [7, 11) is 0. The standard InChI is InChI=1S/C18H24FN3O4/c1-12(2)26-10-4-9-20-16(23)11-21-17(24)13(3)22(18(21)25)15-7-5-14(19)6-8-15/h5-8,12-13H,4,9-11H2,1-3H3,(H,20,23). The Balaban J connectivity index is 1.91. The Morgan fingerprint density at radius 2 is 1.92 bits per heavy atom. The number of nitrogens with one attached hydrogen (secondary N) is 1. The average Bonchev–Trinajstić information content (AvgIpc) is 2.79. The van der Waals surface area contributed by atoms with Crippen LogP contribution in [0.25, 0.3) is 0 Å². The van der Waals surface area contributed by atoms with Crippen LogP contribution in [0.4, 0.5) is 14.9 Å². The third-order valence-electron chi connectivity index (χ3n) is 3.95. The van der Waals surface area contributed by atoms with Crippen molar-refractivity contribution in [1.82, 2.24) is 10.2 Å². The van der Waals surface area contributed by atoms with E-state index in [1.807, 2.05) is 13.8 Å². The Labute approximate surface area is 152 Å². The molecule has 1 saturated heterocycles. The molecule has 1 aliphatic heterocycles. The van der Waals surface area contributed by atoms with E-state index in [9.17, 15) is 18.8 Å². The van der Waals surface area contributed by atoms with Gasteiger partial charge in [0.25, 0.3) is 5.91 Å². The van der Waals surface area contributed by atoms with Gasteiger partial charge < -0.3 is 10.1 Å². The number of benzene rings is 1. The summed E-state index contributed by atoms with van der Waals surface area (Å²) in [6.07, 6.45) is 0.772. The first-order valence-corrected chi connectivity index (χ1v) is 8.59. The summed E-state index contributed by atoms with van der Waals surface area (Å²) in [6, 6.07) is 3.94. The van der Waals surface area contributed by atoms with Gasteiger partial charge in [-0.15, -0.1) is 0 Å². The van der Waals surface area contributed by atoms with E-state index in [1.165, 1.54) is 29.2 Å². The molecule has 26 heavy (non-hydrogen) atoms. The molecule has 1 aromatic rings. The van der Waals surface area contributed by atoms with E-state index in [2.05, 4.69) is 5.32 Å². The highest BCUT2D eigenvalue weighted by atomic mass is 19.1. The topological polar surface area (TPSA) is 79.0 Å². The number of hydrogen-bond donors (Lipinski definition) is 1. The fourth-order valence-electron chi connectivity index (χ4n) is 2.63. The molecule has 2 rings (SSSR count). The molecule has 0 radical (unpaired) electrons. The predicted molar refractivity (Wildman–Crippen MR) is 94.2 cm³/mol. The van der Waals surface area contributed by atoms with Crippen LogP contribution in [0.2, 0.25) is 0 Å². The van der Waals surface area contributed by atoms with Crippen molar-refractivity contribution in [2.24, 2.45) is 0 Å². The summed E-state index contributed by atoms with van der Waals surface area (Å²) in [4.78, 5) is 39.1. The van der Waals surface area contributed by atoms with E-state index in [4.69, 9.17) is 4.74 Å².